The lowest BCUT2D eigenvalue weighted by atomic mass is 10.1. The number of carbonyl (C=O) groups is 1. The zero-order chi connectivity index (χ0) is 20.1. The van der Waals surface area contributed by atoms with Crippen molar-refractivity contribution in [2.24, 2.45) is 0 Å². The molecule has 0 aliphatic carbocycles. The van der Waals surface area contributed by atoms with Crippen LogP contribution in [0.4, 0.5) is 0 Å². The van der Waals surface area contributed by atoms with Crippen LogP contribution in [0.1, 0.15) is 44.0 Å². The van der Waals surface area contributed by atoms with E-state index in [0.717, 1.165) is 29.9 Å². The molecule has 0 amide bonds. The van der Waals surface area contributed by atoms with E-state index in [9.17, 15) is 9.90 Å². The lowest BCUT2D eigenvalue weighted by molar-refractivity contribution is 0.0694. The molecule has 0 bridgehead atoms. The summed E-state index contributed by atoms with van der Waals surface area (Å²) in [4.78, 5) is 11.9. The molecule has 0 unspecified atom stereocenters. The van der Waals surface area contributed by atoms with E-state index in [0.29, 0.717) is 18.7 Å². The van der Waals surface area contributed by atoms with Crippen molar-refractivity contribution in [3.8, 4) is 0 Å². The van der Waals surface area contributed by atoms with Gasteiger partial charge in [0.05, 0.1) is 5.56 Å². The third-order valence-electron chi connectivity index (χ3n) is 5.28. The topological polar surface area (TPSA) is 54.3 Å². The number of aromatic carboxylic acids is 1. The van der Waals surface area contributed by atoms with Crippen molar-refractivity contribution in [2.45, 2.75) is 40.3 Å². The molecule has 0 saturated heterocycles. The summed E-state index contributed by atoms with van der Waals surface area (Å²) >= 11 is 0. The Morgan fingerprint density at radius 3 is 2.36 bits per heavy atom. The first-order chi connectivity index (χ1) is 13.5. The molecular formula is C24H28N2O2. The molecule has 0 saturated carbocycles. The summed E-state index contributed by atoms with van der Waals surface area (Å²) in [5, 5.41) is 13.2. The van der Waals surface area contributed by atoms with E-state index in [2.05, 4.69) is 47.1 Å². The average molecular weight is 377 g/mol. The zero-order valence-corrected chi connectivity index (χ0v) is 16.8. The molecule has 1 heterocycles. The van der Waals surface area contributed by atoms with Gasteiger partial charge in [0.1, 0.15) is 0 Å². The second-order valence-electron chi connectivity index (χ2n) is 7.32. The van der Waals surface area contributed by atoms with Crippen LogP contribution in [0, 0.1) is 20.8 Å². The van der Waals surface area contributed by atoms with Crippen molar-refractivity contribution >= 4 is 5.97 Å². The lowest BCUT2D eigenvalue weighted by Crippen LogP contribution is -2.18. The molecule has 0 spiro atoms. The van der Waals surface area contributed by atoms with Crippen molar-refractivity contribution < 1.29 is 9.90 Å². The summed E-state index contributed by atoms with van der Waals surface area (Å²) in [5.74, 6) is -0.858. The highest BCUT2D eigenvalue weighted by molar-refractivity contribution is 5.91. The number of nitrogens with one attached hydrogen (secondary N) is 1. The SMILES string of the molecule is Cc1cccc(Cn2c(C)c(CNCCc3ccccc3)c(C(=O)O)c2C)c1. The Balaban J connectivity index is 1.77. The highest BCUT2D eigenvalue weighted by Gasteiger charge is 2.22. The Kier molecular flexibility index (Phi) is 6.32. The summed E-state index contributed by atoms with van der Waals surface area (Å²) in [6.45, 7) is 8.04. The molecule has 0 aliphatic rings. The van der Waals surface area contributed by atoms with Crippen LogP contribution in [-0.2, 0) is 19.5 Å². The molecule has 0 radical (unpaired) electrons. The fraction of sp³-hybridized carbons (Fsp3) is 0.292. The third-order valence-corrected chi connectivity index (χ3v) is 5.28. The monoisotopic (exact) mass is 376 g/mol. The summed E-state index contributed by atoms with van der Waals surface area (Å²) < 4.78 is 2.12. The average Bonchev–Trinajstić information content (AvgIpc) is 2.90. The van der Waals surface area contributed by atoms with Crippen LogP contribution in [0.5, 0.6) is 0 Å². The van der Waals surface area contributed by atoms with Gasteiger partial charge in [0.2, 0.25) is 0 Å². The van der Waals surface area contributed by atoms with Crippen molar-refractivity contribution in [1.82, 2.24) is 9.88 Å². The molecule has 0 atom stereocenters. The van der Waals surface area contributed by atoms with Crippen LogP contribution in [0.3, 0.4) is 0 Å². The lowest BCUT2D eigenvalue weighted by Gasteiger charge is -2.11. The fourth-order valence-electron chi connectivity index (χ4n) is 3.77. The minimum absolute atomic E-state index is 0.428. The van der Waals surface area contributed by atoms with Gasteiger partial charge < -0.3 is 15.0 Å². The van der Waals surface area contributed by atoms with Gasteiger partial charge in [-0.15, -0.1) is 0 Å². The first kappa shape index (κ1) is 19.9. The van der Waals surface area contributed by atoms with Crippen molar-refractivity contribution in [3.05, 3.63) is 93.8 Å². The molecular weight excluding hydrogens is 348 g/mol. The van der Waals surface area contributed by atoms with Crippen molar-refractivity contribution in [2.75, 3.05) is 6.54 Å². The molecule has 0 aliphatic heterocycles. The fourth-order valence-corrected chi connectivity index (χ4v) is 3.77. The van der Waals surface area contributed by atoms with Gasteiger partial charge in [-0.3, -0.25) is 0 Å². The number of carboxylic acids is 1. The number of hydrogen-bond acceptors (Lipinski definition) is 2. The molecule has 146 valence electrons. The zero-order valence-electron chi connectivity index (χ0n) is 16.8. The summed E-state index contributed by atoms with van der Waals surface area (Å²) in [7, 11) is 0. The second kappa shape index (κ2) is 8.89. The molecule has 3 rings (SSSR count). The van der Waals surface area contributed by atoms with Crippen LogP contribution < -0.4 is 5.32 Å². The van der Waals surface area contributed by atoms with E-state index in [-0.39, 0.29) is 0 Å². The molecule has 28 heavy (non-hydrogen) atoms. The maximum atomic E-state index is 11.9. The quantitative estimate of drug-likeness (QED) is 0.570. The number of nitrogens with zero attached hydrogens (tertiary/aromatic N) is 1. The molecule has 4 nitrogen and oxygen atoms in total. The van der Waals surface area contributed by atoms with Gasteiger partial charge in [-0.05, 0) is 44.9 Å². The van der Waals surface area contributed by atoms with E-state index in [1.165, 1.54) is 16.7 Å². The van der Waals surface area contributed by atoms with Crippen LogP contribution in [0.2, 0.25) is 0 Å². The Morgan fingerprint density at radius 1 is 0.964 bits per heavy atom. The standard InChI is InChI=1S/C24H28N2O2/c1-17-8-7-11-21(14-17)16-26-18(2)22(23(19(26)3)24(27)28)15-25-13-12-20-9-5-4-6-10-20/h4-11,14,25H,12-13,15-16H2,1-3H3,(H,27,28). The number of aromatic nitrogens is 1. The van der Waals surface area contributed by atoms with E-state index in [1.54, 1.807) is 0 Å². The van der Waals surface area contributed by atoms with Crippen LogP contribution in [0.25, 0.3) is 0 Å². The Bertz CT molecular complexity index is 958. The van der Waals surface area contributed by atoms with Gasteiger partial charge in [0.25, 0.3) is 0 Å². The first-order valence-corrected chi connectivity index (χ1v) is 9.69. The van der Waals surface area contributed by atoms with Crippen molar-refractivity contribution in [3.63, 3.8) is 0 Å². The highest BCUT2D eigenvalue weighted by atomic mass is 16.4. The molecule has 3 aromatic rings. The van der Waals surface area contributed by atoms with Crippen LogP contribution in [-0.4, -0.2) is 22.2 Å². The van der Waals surface area contributed by atoms with E-state index < -0.39 is 5.97 Å². The van der Waals surface area contributed by atoms with Crippen LogP contribution in [0.15, 0.2) is 54.6 Å². The molecule has 4 heteroatoms. The Morgan fingerprint density at radius 2 is 1.68 bits per heavy atom. The number of rotatable bonds is 8. The van der Waals surface area contributed by atoms with E-state index >= 15 is 0 Å². The smallest absolute Gasteiger partial charge is 0.337 e. The second-order valence-corrected chi connectivity index (χ2v) is 7.32. The molecule has 2 aromatic carbocycles. The largest absolute Gasteiger partial charge is 0.478 e. The number of carboxylic acid groups (broad SMARTS) is 1. The summed E-state index contributed by atoms with van der Waals surface area (Å²) in [6.07, 6.45) is 0.922. The van der Waals surface area contributed by atoms with E-state index in [1.807, 2.05) is 38.1 Å². The minimum atomic E-state index is -0.858. The van der Waals surface area contributed by atoms with Gasteiger partial charge in [-0.25, -0.2) is 4.79 Å². The van der Waals surface area contributed by atoms with Crippen molar-refractivity contribution in [1.29, 1.82) is 0 Å². The molecule has 1 aromatic heterocycles. The first-order valence-electron chi connectivity index (χ1n) is 9.69. The molecule has 2 N–H and O–H groups in total. The maximum absolute atomic E-state index is 11.9. The predicted octanol–water partition coefficient (Wildman–Crippen LogP) is 4.49. The van der Waals surface area contributed by atoms with Gasteiger partial charge in [-0.1, -0.05) is 60.2 Å². The highest BCUT2D eigenvalue weighted by Crippen LogP contribution is 2.24. The number of hydrogen-bond donors (Lipinski definition) is 2. The summed E-state index contributed by atoms with van der Waals surface area (Å²) in [6, 6.07) is 18.7. The predicted molar refractivity (Wildman–Crippen MR) is 113 cm³/mol. The number of benzene rings is 2. The van der Waals surface area contributed by atoms with Gasteiger partial charge in [-0.2, -0.15) is 0 Å². The third kappa shape index (κ3) is 4.52. The molecule has 0 fully saturated rings. The summed E-state index contributed by atoms with van der Waals surface area (Å²) in [5.41, 5.74) is 6.80. The normalized spacial score (nSPS) is 11.0. The Labute approximate surface area is 166 Å². The van der Waals surface area contributed by atoms with Gasteiger partial charge >= 0.3 is 5.97 Å². The minimum Gasteiger partial charge on any atom is -0.478 e. The van der Waals surface area contributed by atoms with E-state index in [4.69, 9.17) is 0 Å². The number of aryl methyl sites for hydroxylation is 1. The van der Waals surface area contributed by atoms with Crippen LogP contribution >= 0.6 is 0 Å². The maximum Gasteiger partial charge on any atom is 0.337 e. The van der Waals surface area contributed by atoms with Gasteiger partial charge in [0.15, 0.2) is 0 Å². The van der Waals surface area contributed by atoms with Gasteiger partial charge in [0, 0.05) is 30.0 Å². The Hall–Kier alpha value is -2.85.